The third kappa shape index (κ3) is 3.44. The first-order chi connectivity index (χ1) is 9.41. The van der Waals surface area contributed by atoms with Crippen LogP contribution in [0.5, 0.6) is 0 Å². The molecule has 0 spiro atoms. The van der Waals surface area contributed by atoms with Crippen LogP contribution in [0.4, 0.5) is 5.69 Å². The zero-order chi connectivity index (χ0) is 14.8. The molecule has 0 unspecified atom stereocenters. The Kier molecular flexibility index (Phi) is 4.55. The summed E-state index contributed by atoms with van der Waals surface area (Å²) in [7, 11) is 2.13. The van der Waals surface area contributed by atoms with Gasteiger partial charge in [-0.2, -0.15) is 0 Å². The predicted molar refractivity (Wildman–Crippen MR) is 83.0 cm³/mol. The summed E-state index contributed by atoms with van der Waals surface area (Å²) in [6.07, 6.45) is 2.18. The fourth-order valence-electron chi connectivity index (χ4n) is 2.46. The largest absolute Gasteiger partial charge is 0.397 e. The second kappa shape index (κ2) is 6.02. The van der Waals surface area contributed by atoms with Crippen molar-refractivity contribution >= 4 is 23.2 Å². The second-order valence-corrected chi connectivity index (χ2v) is 6.40. The number of nitrogens with one attached hydrogen (secondary N) is 1. The molecule has 2 rings (SSSR count). The van der Waals surface area contributed by atoms with Crippen molar-refractivity contribution in [2.24, 2.45) is 5.41 Å². The highest BCUT2D eigenvalue weighted by atomic mass is 35.5. The standard InChI is InChI=1S/C15H22ClN3O/c1-15(6-8-19(2)9-7-15)10-18-14(20)11-4-3-5-12(16)13(11)17/h3-5H,6-10,17H2,1-2H3,(H,18,20). The number of benzene rings is 1. The number of piperidine rings is 1. The molecule has 3 N–H and O–H groups in total. The van der Waals surface area contributed by atoms with Gasteiger partial charge in [0, 0.05) is 6.54 Å². The first kappa shape index (κ1) is 15.1. The Morgan fingerprint density at radius 1 is 1.45 bits per heavy atom. The number of nitrogens with zero attached hydrogens (tertiary/aromatic N) is 1. The van der Waals surface area contributed by atoms with Crippen molar-refractivity contribution in [3.8, 4) is 0 Å². The molecule has 0 radical (unpaired) electrons. The maximum atomic E-state index is 12.2. The van der Waals surface area contributed by atoms with Gasteiger partial charge in [0.25, 0.3) is 5.91 Å². The summed E-state index contributed by atoms with van der Waals surface area (Å²) in [5, 5.41) is 3.42. The number of anilines is 1. The lowest BCUT2D eigenvalue weighted by Gasteiger charge is -2.38. The Hall–Kier alpha value is -1.26. The smallest absolute Gasteiger partial charge is 0.253 e. The van der Waals surface area contributed by atoms with Gasteiger partial charge < -0.3 is 16.0 Å². The van der Waals surface area contributed by atoms with Crippen LogP contribution < -0.4 is 11.1 Å². The zero-order valence-corrected chi connectivity index (χ0v) is 12.8. The number of carbonyl (C=O) groups is 1. The van der Waals surface area contributed by atoms with Gasteiger partial charge in [-0.15, -0.1) is 0 Å². The van der Waals surface area contributed by atoms with E-state index in [1.165, 1.54) is 0 Å². The van der Waals surface area contributed by atoms with Crippen molar-refractivity contribution in [2.75, 3.05) is 32.4 Å². The van der Waals surface area contributed by atoms with E-state index in [9.17, 15) is 4.79 Å². The van der Waals surface area contributed by atoms with Crippen molar-refractivity contribution in [2.45, 2.75) is 19.8 Å². The Morgan fingerprint density at radius 2 is 2.10 bits per heavy atom. The van der Waals surface area contributed by atoms with Gasteiger partial charge in [0.2, 0.25) is 0 Å². The van der Waals surface area contributed by atoms with Crippen LogP contribution in [-0.2, 0) is 0 Å². The normalized spacial score (nSPS) is 18.8. The van der Waals surface area contributed by atoms with E-state index in [0.717, 1.165) is 25.9 Å². The van der Waals surface area contributed by atoms with Gasteiger partial charge in [0.15, 0.2) is 0 Å². The first-order valence-corrected chi connectivity index (χ1v) is 7.30. The number of rotatable bonds is 3. The van der Waals surface area contributed by atoms with E-state index < -0.39 is 0 Å². The third-order valence-electron chi connectivity index (χ3n) is 4.17. The summed E-state index contributed by atoms with van der Waals surface area (Å²) in [5.74, 6) is -0.148. The van der Waals surface area contributed by atoms with Gasteiger partial charge in [-0.1, -0.05) is 24.6 Å². The van der Waals surface area contributed by atoms with Crippen LogP contribution >= 0.6 is 11.6 Å². The molecule has 5 heteroatoms. The lowest BCUT2D eigenvalue weighted by molar-refractivity contribution is 0.0892. The Balaban J connectivity index is 1.97. The molecule has 4 nitrogen and oxygen atoms in total. The van der Waals surface area contributed by atoms with E-state index in [0.29, 0.717) is 22.8 Å². The zero-order valence-electron chi connectivity index (χ0n) is 12.1. The van der Waals surface area contributed by atoms with Gasteiger partial charge in [0.05, 0.1) is 16.3 Å². The molecular weight excluding hydrogens is 274 g/mol. The van der Waals surface area contributed by atoms with E-state index >= 15 is 0 Å². The molecule has 1 amide bonds. The van der Waals surface area contributed by atoms with E-state index in [1.807, 2.05) is 0 Å². The first-order valence-electron chi connectivity index (χ1n) is 6.92. The van der Waals surface area contributed by atoms with Crippen LogP contribution in [0.3, 0.4) is 0 Å². The summed E-state index contributed by atoms with van der Waals surface area (Å²) >= 11 is 5.94. The molecule has 1 aromatic carbocycles. The summed E-state index contributed by atoms with van der Waals surface area (Å²) in [5.41, 5.74) is 6.81. The molecule has 0 aliphatic carbocycles. The van der Waals surface area contributed by atoms with Crippen molar-refractivity contribution in [1.82, 2.24) is 10.2 Å². The van der Waals surface area contributed by atoms with Crippen molar-refractivity contribution in [1.29, 1.82) is 0 Å². The highest BCUT2D eigenvalue weighted by Crippen LogP contribution is 2.29. The number of amides is 1. The summed E-state index contributed by atoms with van der Waals surface area (Å²) in [6.45, 7) is 5.05. The van der Waals surface area contributed by atoms with Gasteiger partial charge in [-0.25, -0.2) is 0 Å². The number of likely N-dealkylation sites (tertiary alicyclic amines) is 1. The minimum absolute atomic E-state index is 0.148. The average Bonchev–Trinajstić information content (AvgIpc) is 2.43. The molecule has 0 atom stereocenters. The van der Waals surface area contributed by atoms with Gasteiger partial charge in [-0.3, -0.25) is 4.79 Å². The van der Waals surface area contributed by atoms with E-state index in [4.69, 9.17) is 17.3 Å². The van der Waals surface area contributed by atoms with Crippen molar-refractivity contribution in [3.63, 3.8) is 0 Å². The Labute approximate surface area is 125 Å². The maximum Gasteiger partial charge on any atom is 0.253 e. The van der Waals surface area contributed by atoms with Crippen molar-refractivity contribution in [3.05, 3.63) is 28.8 Å². The molecule has 0 bridgehead atoms. The van der Waals surface area contributed by atoms with Crippen LogP contribution in [0.1, 0.15) is 30.1 Å². The number of nitrogens with two attached hydrogens (primary N) is 1. The number of para-hydroxylation sites is 1. The number of halogens is 1. The average molecular weight is 296 g/mol. The number of hydrogen-bond donors (Lipinski definition) is 2. The molecule has 1 saturated heterocycles. The quantitative estimate of drug-likeness (QED) is 0.842. The van der Waals surface area contributed by atoms with E-state index in [-0.39, 0.29) is 11.3 Å². The second-order valence-electron chi connectivity index (χ2n) is 6.00. The van der Waals surface area contributed by atoms with Gasteiger partial charge in [0.1, 0.15) is 0 Å². The molecule has 1 aliphatic rings. The van der Waals surface area contributed by atoms with Crippen LogP contribution in [0.2, 0.25) is 5.02 Å². The minimum atomic E-state index is -0.148. The van der Waals surface area contributed by atoms with Crippen molar-refractivity contribution < 1.29 is 4.79 Å². The molecule has 0 saturated carbocycles. The molecule has 0 aromatic heterocycles. The van der Waals surface area contributed by atoms with Crippen LogP contribution in [0, 0.1) is 5.41 Å². The Morgan fingerprint density at radius 3 is 2.75 bits per heavy atom. The molecule has 1 heterocycles. The fourth-order valence-corrected chi connectivity index (χ4v) is 2.63. The van der Waals surface area contributed by atoms with E-state index in [2.05, 4.69) is 24.2 Å². The predicted octanol–water partition coefficient (Wildman–Crippen LogP) is 2.38. The van der Waals surface area contributed by atoms with Crippen LogP contribution in [0.25, 0.3) is 0 Å². The lowest BCUT2D eigenvalue weighted by Crippen LogP contribution is -2.43. The Bertz CT molecular complexity index is 496. The lowest BCUT2D eigenvalue weighted by atomic mass is 9.80. The fraction of sp³-hybridized carbons (Fsp3) is 0.533. The highest BCUT2D eigenvalue weighted by molar-refractivity contribution is 6.33. The summed E-state index contributed by atoms with van der Waals surface area (Å²) in [6, 6.07) is 5.13. The summed E-state index contributed by atoms with van der Waals surface area (Å²) in [4.78, 5) is 14.5. The monoisotopic (exact) mass is 295 g/mol. The van der Waals surface area contributed by atoms with Crippen LogP contribution in [-0.4, -0.2) is 37.5 Å². The minimum Gasteiger partial charge on any atom is -0.397 e. The molecular formula is C15H22ClN3O. The third-order valence-corrected chi connectivity index (χ3v) is 4.50. The van der Waals surface area contributed by atoms with Gasteiger partial charge >= 0.3 is 0 Å². The molecule has 1 fully saturated rings. The molecule has 1 aliphatic heterocycles. The molecule has 20 heavy (non-hydrogen) atoms. The number of nitrogen functional groups attached to an aromatic ring is 1. The highest BCUT2D eigenvalue weighted by Gasteiger charge is 2.29. The molecule has 110 valence electrons. The topological polar surface area (TPSA) is 58.4 Å². The summed E-state index contributed by atoms with van der Waals surface area (Å²) < 4.78 is 0. The van der Waals surface area contributed by atoms with Gasteiger partial charge in [-0.05, 0) is 50.5 Å². The SMILES string of the molecule is CN1CCC(C)(CNC(=O)c2cccc(Cl)c2N)CC1. The van der Waals surface area contributed by atoms with E-state index in [1.54, 1.807) is 18.2 Å². The molecule has 1 aromatic rings. The number of hydrogen-bond acceptors (Lipinski definition) is 3. The number of carbonyl (C=O) groups excluding carboxylic acids is 1. The maximum absolute atomic E-state index is 12.2. The van der Waals surface area contributed by atoms with Crippen LogP contribution in [0.15, 0.2) is 18.2 Å².